The monoisotopic (exact) mass is 363 g/mol. The summed E-state index contributed by atoms with van der Waals surface area (Å²) in [5.41, 5.74) is 1.11. The first-order valence-corrected chi connectivity index (χ1v) is 9.88. The number of hydrogen-bond donors (Lipinski definition) is 0. The van der Waals surface area contributed by atoms with Gasteiger partial charge in [0.2, 0.25) is 0 Å². The Balaban J connectivity index is 1.66. The molecule has 136 valence electrons. The summed E-state index contributed by atoms with van der Waals surface area (Å²) in [4.78, 5) is 1.97. The smallest absolute Gasteiger partial charge is 0.310 e. The highest BCUT2D eigenvalue weighted by atomic mass is 32.2. The van der Waals surface area contributed by atoms with E-state index in [4.69, 9.17) is 8.92 Å². The molecule has 5 nitrogen and oxygen atoms in total. The summed E-state index contributed by atoms with van der Waals surface area (Å²) in [6.07, 6.45) is 0.824. The maximum absolute atomic E-state index is 12.0. The Kier molecular flexibility index (Phi) is 7.28. The highest BCUT2D eigenvalue weighted by Gasteiger charge is 2.14. The molecule has 25 heavy (non-hydrogen) atoms. The van der Waals surface area contributed by atoms with Gasteiger partial charge in [0.1, 0.15) is 11.5 Å². The summed E-state index contributed by atoms with van der Waals surface area (Å²) in [5, 5.41) is 0. The van der Waals surface area contributed by atoms with Crippen molar-refractivity contribution in [2.24, 2.45) is 0 Å². The lowest BCUT2D eigenvalue weighted by Gasteiger charge is -2.17. The maximum atomic E-state index is 12.0. The minimum absolute atomic E-state index is 0.0446. The largest absolute Gasteiger partial charge is 0.493 e. The molecule has 0 aliphatic rings. The number of para-hydroxylation sites is 2. The van der Waals surface area contributed by atoms with Gasteiger partial charge >= 0.3 is 10.1 Å². The Labute approximate surface area is 150 Å². The topological polar surface area (TPSA) is 55.8 Å². The molecule has 0 spiro atoms. The normalized spacial score (nSPS) is 11.5. The predicted molar refractivity (Wildman–Crippen MR) is 99.6 cm³/mol. The molecule has 0 unspecified atom stereocenters. The van der Waals surface area contributed by atoms with Gasteiger partial charge in [0, 0.05) is 13.1 Å². The minimum atomic E-state index is -3.58. The van der Waals surface area contributed by atoms with Gasteiger partial charge < -0.3 is 13.8 Å². The standard InChI is InChI=1S/C19H25NO4S/c1-17-9-6-7-12-19(17)23-15-8-13-20(2)14-16-25(21,22)24-18-10-4-3-5-11-18/h3-7,9-12H,8,13-16H2,1-2H3. The molecule has 0 saturated carbocycles. The van der Waals surface area contributed by atoms with Gasteiger partial charge in [-0.25, -0.2) is 0 Å². The third-order valence-electron chi connectivity index (χ3n) is 3.72. The second-order valence-electron chi connectivity index (χ2n) is 5.93. The van der Waals surface area contributed by atoms with Crippen molar-refractivity contribution in [3.63, 3.8) is 0 Å². The molecule has 2 aromatic rings. The van der Waals surface area contributed by atoms with Gasteiger partial charge in [-0.15, -0.1) is 0 Å². The van der Waals surface area contributed by atoms with Gasteiger partial charge in [-0.3, -0.25) is 0 Å². The van der Waals surface area contributed by atoms with Crippen molar-refractivity contribution in [3.05, 3.63) is 60.2 Å². The van der Waals surface area contributed by atoms with E-state index < -0.39 is 10.1 Å². The maximum Gasteiger partial charge on any atom is 0.310 e. The fraction of sp³-hybridized carbons (Fsp3) is 0.368. The number of hydrogen-bond acceptors (Lipinski definition) is 5. The molecule has 0 saturated heterocycles. The molecular weight excluding hydrogens is 338 g/mol. The molecule has 0 heterocycles. The second kappa shape index (κ2) is 9.44. The van der Waals surface area contributed by atoms with Gasteiger partial charge in [0.25, 0.3) is 0 Å². The Bertz CT molecular complexity index is 747. The average Bonchev–Trinajstić information content (AvgIpc) is 2.59. The van der Waals surface area contributed by atoms with Crippen molar-refractivity contribution in [2.75, 3.05) is 32.5 Å². The number of benzene rings is 2. The summed E-state index contributed by atoms with van der Waals surface area (Å²) >= 11 is 0. The molecule has 2 aromatic carbocycles. The van der Waals surface area contributed by atoms with Crippen LogP contribution in [0.15, 0.2) is 54.6 Å². The molecule has 6 heteroatoms. The lowest BCUT2D eigenvalue weighted by atomic mass is 10.2. The van der Waals surface area contributed by atoms with E-state index in [1.807, 2.05) is 49.2 Å². The van der Waals surface area contributed by atoms with E-state index in [0.717, 1.165) is 24.3 Å². The molecule has 0 radical (unpaired) electrons. The Morgan fingerprint density at radius 1 is 0.960 bits per heavy atom. The molecule has 0 aromatic heterocycles. The third-order valence-corrected chi connectivity index (χ3v) is 4.85. The van der Waals surface area contributed by atoms with Crippen LogP contribution in [-0.4, -0.2) is 45.8 Å². The number of aryl methyl sites for hydroxylation is 1. The van der Waals surface area contributed by atoms with Crippen LogP contribution in [0.5, 0.6) is 11.5 Å². The van der Waals surface area contributed by atoms with E-state index in [1.165, 1.54) is 0 Å². The zero-order chi connectivity index (χ0) is 18.1. The van der Waals surface area contributed by atoms with Crippen LogP contribution in [-0.2, 0) is 10.1 Å². The first-order valence-electron chi connectivity index (χ1n) is 8.30. The molecule has 0 bridgehead atoms. The molecule has 2 rings (SSSR count). The van der Waals surface area contributed by atoms with E-state index in [9.17, 15) is 8.42 Å². The summed E-state index contributed by atoms with van der Waals surface area (Å²) < 4.78 is 34.8. The van der Waals surface area contributed by atoms with E-state index in [-0.39, 0.29) is 5.75 Å². The molecule has 0 aliphatic heterocycles. The summed E-state index contributed by atoms with van der Waals surface area (Å²) in [6, 6.07) is 16.4. The molecule has 0 N–H and O–H groups in total. The lowest BCUT2D eigenvalue weighted by molar-refractivity contribution is 0.267. The SMILES string of the molecule is Cc1ccccc1OCCCN(C)CCS(=O)(=O)Oc1ccccc1. The van der Waals surface area contributed by atoms with Crippen LogP contribution in [0, 0.1) is 6.92 Å². The molecule has 0 atom stereocenters. The van der Waals surface area contributed by atoms with Crippen molar-refractivity contribution in [1.82, 2.24) is 4.90 Å². The lowest BCUT2D eigenvalue weighted by Crippen LogP contribution is -2.29. The van der Waals surface area contributed by atoms with Crippen LogP contribution in [0.2, 0.25) is 0 Å². The fourth-order valence-electron chi connectivity index (χ4n) is 2.28. The summed E-state index contributed by atoms with van der Waals surface area (Å²) in [7, 11) is -1.69. The van der Waals surface area contributed by atoms with Crippen molar-refractivity contribution in [2.45, 2.75) is 13.3 Å². The van der Waals surface area contributed by atoms with Crippen molar-refractivity contribution in [1.29, 1.82) is 0 Å². The van der Waals surface area contributed by atoms with E-state index in [1.54, 1.807) is 24.3 Å². The van der Waals surface area contributed by atoms with Crippen molar-refractivity contribution in [3.8, 4) is 11.5 Å². The Hall–Kier alpha value is -2.05. The van der Waals surface area contributed by atoms with Crippen LogP contribution >= 0.6 is 0 Å². The first kappa shape index (κ1) is 19.3. The fourth-order valence-corrected chi connectivity index (χ4v) is 3.30. The van der Waals surface area contributed by atoms with Crippen LogP contribution < -0.4 is 8.92 Å². The molecular formula is C19H25NO4S. The quantitative estimate of drug-likeness (QED) is 0.480. The Morgan fingerprint density at radius 2 is 1.64 bits per heavy atom. The number of rotatable bonds is 10. The molecule has 0 amide bonds. The predicted octanol–water partition coefficient (Wildman–Crippen LogP) is 3.10. The number of ether oxygens (including phenoxy) is 1. The first-order chi connectivity index (χ1) is 12.0. The summed E-state index contributed by atoms with van der Waals surface area (Å²) in [5.74, 6) is 1.19. The highest BCUT2D eigenvalue weighted by Crippen LogP contribution is 2.16. The van der Waals surface area contributed by atoms with Crippen molar-refractivity contribution < 1.29 is 17.3 Å². The summed E-state index contributed by atoms with van der Waals surface area (Å²) in [6.45, 7) is 3.79. The zero-order valence-corrected chi connectivity index (χ0v) is 15.5. The van der Waals surface area contributed by atoms with Crippen LogP contribution in [0.1, 0.15) is 12.0 Å². The molecule has 0 aliphatic carbocycles. The zero-order valence-electron chi connectivity index (χ0n) is 14.7. The van der Waals surface area contributed by atoms with Crippen LogP contribution in [0.25, 0.3) is 0 Å². The number of nitrogens with zero attached hydrogens (tertiary/aromatic N) is 1. The van der Waals surface area contributed by atoms with Gasteiger partial charge in [-0.05, 0) is 44.2 Å². The minimum Gasteiger partial charge on any atom is -0.493 e. The molecule has 0 fully saturated rings. The van der Waals surface area contributed by atoms with E-state index >= 15 is 0 Å². The average molecular weight is 363 g/mol. The van der Waals surface area contributed by atoms with Gasteiger partial charge in [0.05, 0.1) is 12.4 Å². The van der Waals surface area contributed by atoms with Crippen molar-refractivity contribution >= 4 is 10.1 Å². The van der Waals surface area contributed by atoms with Crippen LogP contribution in [0.3, 0.4) is 0 Å². The van der Waals surface area contributed by atoms with E-state index in [2.05, 4.69) is 0 Å². The second-order valence-corrected chi connectivity index (χ2v) is 7.62. The van der Waals surface area contributed by atoms with Crippen LogP contribution in [0.4, 0.5) is 0 Å². The third kappa shape index (κ3) is 7.15. The van der Waals surface area contributed by atoms with E-state index in [0.29, 0.717) is 18.9 Å². The van der Waals surface area contributed by atoms with Gasteiger partial charge in [-0.2, -0.15) is 8.42 Å². The Morgan fingerprint density at radius 3 is 2.36 bits per heavy atom. The highest BCUT2D eigenvalue weighted by molar-refractivity contribution is 7.87. The van der Waals surface area contributed by atoms with Gasteiger partial charge in [-0.1, -0.05) is 36.4 Å². The van der Waals surface area contributed by atoms with Gasteiger partial charge in [0.15, 0.2) is 0 Å².